The predicted molar refractivity (Wildman–Crippen MR) is 153 cm³/mol. The predicted octanol–water partition coefficient (Wildman–Crippen LogP) is 5.32. The van der Waals surface area contributed by atoms with Crippen molar-refractivity contribution in [1.82, 2.24) is 15.1 Å². The molecule has 6 atom stereocenters. The van der Waals surface area contributed by atoms with E-state index >= 15 is 0 Å². The number of nitrogens with zero attached hydrogens (tertiary/aromatic N) is 3. The number of likely N-dealkylation sites (tertiary alicyclic amines) is 1. The van der Waals surface area contributed by atoms with E-state index in [9.17, 15) is 4.79 Å². The molecule has 3 aliphatic heterocycles. The van der Waals surface area contributed by atoms with E-state index in [0.29, 0.717) is 11.8 Å². The van der Waals surface area contributed by atoms with Crippen LogP contribution in [-0.2, 0) is 4.79 Å². The Morgan fingerprint density at radius 1 is 1.05 bits per heavy atom. The lowest BCUT2D eigenvalue weighted by molar-refractivity contribution is -0.144. The van der Waals surface area contributed by atoms with Crippen molar-refractivity contribution in [1.29, 1.82) is 0 Å². The Kier molecular flexibility index (Phi) is 6.60. The van der Waals surface area contributed by atoms with Gasteiger partial charge < -0.3 is 15.1 Å². The number of amides is 1. The maximum Gasteiger partial charge on any atom is 0.228 e. The highest BCUT2D eigenvalue weighted by molar-refractivity contribution is 8.15. The second kappa shape index (κ2) is 9.77. The van der Waals surface area contributed by atoms with Crippen molar-refractivity contribution in [3.63, 3.8) is 0 Å². The molecular weight excluding hydrogens is 476 g/mol. The second-order valence-electron chi connectivity index (χ2n) is 11.9. The lowest BCUT2D eigenvalue weighted by atomic mass is 9.59. The van der Waals surface area contributed by atoms with Crippen LogP contribution in [0.1, 0.15) is 62.1 Å². The number of carbonyl (C=O) groups excluding carboxylic acids is 1. The molecule has 0 aromatic heterocycles. The Labute approximate surface area is 226 Å². The van der Waals surface area contributed by atoms with Crippen LogP contribution < -0.4 is 5.32 Å². The van der Waals surface area contributed by atoms with E-state index in [4.69, 9.17) is 4.99 Å². The molecule has 1 aliphatic carbocycles. The van der Waals surface area contributed by atoms with Gasteiger partial charge in [0, 0.05) is 39.1 Å². The fourth-order valence-corrected chi connectivity index (χ4v) is 9.26. The zero-order chi connectivity index (χ0) is 25.6. The van der Waals surface area contributed by atoms with Gasteiger partial charge >= 0.3 is 0 Å². The van der Waals surface area contributed by atoms with Crippen LogP contribution in [0.25, 0.3) is 0 Å². The average Bonchev–Trinajstić information content (AvgIpc) is 3.52. The Hall–Kier alpha value is -2.31. The molecule has 1 amide bonds. The first-order valence-corrected chi connectivity index (χ1v) is 14.8. The molecule has 5 nitrogen and oxygen atoms in total. The number of hydrogen-bond donors (Lipinski definition) is 1. The van der Waals surface area contributed by atoms with Crippen molar-refractivity contribution < 1.29 is 4.79 Å². The number of carbonyl (C=O) groups is 1. The summed E-state index contributed by atoms with van der Waals surface area (Å²) in [6.07, 6.45) is 5.38. The number of thioether (sulfide) groups is 1. The zero-order valence-electron chi connectivity index (χ0n) is 22.4. The van der Waals surface area contributed by atoms with Gasteiger partial charge in [0.05, 0.1) is 22.7 Å². The van der Waals surface area contributed by atoms with Crippen molar-refractivity contribution >= 4 is 22.8 Å². The van der Waals surface area contributed by atoms with Gasteiger partial charge in [-0.25, -0.2) is 0 Å². The molecule has 2 aromatic carbocycles. The molecule has 4 aliphatic rings. The summed E-state index contributed by atoms with van der Waals surface area (Å²) in [4.78, 5) is 24.3. The van der Waals surface area contributed by atoms with Crippen LogP contribution in [0.4, 0.5) is 0 Å². The SMILES string of the molecule is CN(C)C1=NC2CCCC3(CNCC3C(=O)N3CCC(c4ccccc4)CC3c3ccccc3)C2(C)S1. The summed E-state index contributed by atoms with van der Waals surface area (Å²) in [5, 5.41) is 4.82. The van der Waals surface area contributed by atoms with Gasteiger partial charge in [-0.2, -0.15) is 0 Å². The molecule has 196 valence electrons. The van der Waals surface area contributed by atoms with Crippen molar-refractivity contribution in [2.24, 2.45) is 16.3 Å². The third kappa shape index (κ3) is 4.11. The number of piperidine rings is 1. The normalized spacial score (nSPS) is 35.3. The molecule has 6 heteroatoms. The van der Waals surface area contributed by atoms with E-state index in [1.165, 1.54) is 11.1 Å². The van der Waals surface area contributed by atoms with E-state index in [0.717, 1.165) is 56.9 Å². The maximum absolute atomic E-state index is 14.7. The van der Waals surface area contributed by atoms with Gasteiger partial charge in [0.25, 0.3) is 0 Å². The Morgan fingerprint density at radius 3 is 2.46 bits per heavy atom. The molecule has 2 aromatic rings. The van der Waals surface area contributed by atoms with Gasteiger partial charge in [-0.3, -0.25) is 9.79 Å². The smallest absolute Gasteiger partial charge is 0.228 e. The average molecular weight is 517 g/mol. The minimum Gasteiger partial charge on any atom is -0.358 e. The van der Waals surface area contributed by atoms with E-state index in [1.807, 2.05) is 11.8 Å². The lowest BCUT2D eigenvalue weighted by Gasteiger charge is -2.53. The summed E-state index contributed by atoms with van der Waals surface area (Å²) < 4.78 is -0.0563. The number of hydrogen-bond acceptors (Lipinski definition) is 5. The Balaban J connectivity index is 1.32. The van der Waals surface area contributed by atoms with Crippen LogP contribution in [0.15, 0.2) is 65.7 Å². The minimum absolute atomic E-state index is 0.0102. The third-order valence-corrected chi connectivity index (χ3v) is 11.5. The van der Waals surface area contributed by atoms with E-state index in [-0.39, 0.29) is 28.2 Å². The molecule has 3 heterocycles. The van der Waals surface area contributed by atoms with Gasteiger partial charge in [0.2, 0.25) is 5.91 Å². The van der Waals surface area contributed by atoms with Gasteiger partial charge in [0.15, 0.2) is 5.17 Å². The third-order valence-electron chi connectivity index (χ3n) is 9.77. The minimum atomic E-state index is -0.0730. The Morgan fingerprint density at radius 2 is 1.76 bits per heavy atom. The molecule has 37 heavy (non-hydrogen) atoms. The number of fused-ring (bicyclic) bond motifs is 2. The molecule has 1 saturated carbocycles. The highest BCUT2D eigenvalue weighted by Gasteiger charge is 2.65. The van der Waals surface area contributed by atoms with Crippen LogP contribution in [0.3, 0.4) is 0 Å². The van der Waals surface area contributed by atoms with Crippen LogP contribution in [0.2, 0.25) is 0 Å². The summed E-state index contributed by atoms with van der Waals surface area (Å²) in [5.74, 6) is 0.819. The Bertz CT molecular complexity index is 1150. The first-order valence-electron chi connectivity index (χ1n) is 14.0. The lowest BCUT2D eigenvalue weighted by Crippen LogP contribution is -2.60. The quantitative estimate of drug-likeness (QED) is 0.600. The molecule has 1 spiro atoms. The van der Waals surface area contributed by atoms with Crippen molar-refractivity contribution in [2.45, 2.75) is 61.8 Å². The second-order valence-corrected chi connectivity index (χ2v) is 13.3. The van der Waals surface area contributed by atoms with Crippen molar-refractivity contribution in [3.05, 3.63) is 71.8 Å². The van der Waals surface area contributed by atoms with E-state index < -0.39 is 0 Å². The van der Waals surface area contributed by atoms with E-state index in [1.54, 1.807) is 0 Å². The molecule has 2 saturated heterocycles. The topological polar surface area (TPSA) is 47.9 Å². The first-order chi connectivity index (χ1) is 17.9. The zero-order valence-corrected chi connectivity index (χ0v) is 23.2. The molecule has 0 radical (unpaired) electrons. The van der Waals surface area contributed by atoms with Crippen LogP contribution in [0.5, 0.6) is 0 Å². The first kappa shape index (κ1) is 25.0. The van der Waals surface area contributed by atoms with E-state index in [2.05, 4.69) is 96.8 Å². The molecule has 1 N–H and O–H groups in total. The van der Waals surface area contributed by atoms with Gasteiger partial charge in [0.1, 0.15) is 0 Å². The number of amidine groups is 1. The number of rotatable bonds is 3. The van der Waals surface area contributed by atoms with Gasteiger partial charge in [-0.15, -0.1) is 0 Å². The molecular formula is C31H40N4OS. The van der Waals surface area contributed by atoms with Gasteiger partial charge in [-0.05, 0) is 49.7 Å². The summed E-state index contributed by atoms with van der Waals surface area (Å²) in [5.41, 5.74) is 2.58. The standard InChI is InChI=1S/C31H40N4OS/c1-30-27(33-29(37-30)34(2)3)15-10-17-31(30)21-32-20-25(31)28(36)35-18-16-24(22-11-6-4-7-12-22)19-26(35)23-13-8-5-9-14-23/h4-9,11-14,24-27,32H,10,15-21H2,1-3H3. The summed E-state index contributed by atoms with van der Waals surface area (Å²) in [6.45, 7) is 4.91. The maximum atomic E-state index is 14.7. The fraction of sp³-hybridized carbons (Fsp3) is 0.548. The van der Waals surface area contributed by atoms with Crippen LogP contribution in [0, 0.1) is 11.3 Å². The summed E-state index contributed by atoms with van der Waals surface area (Å²) in [6, 6.07) is 22.0. The largest absolute Gasteiger partial charge is 0.358 e. The monoisotopic (exact) mass is 516 g/mol. The summed E-state index contributed by atoms with van der Waals surface area (Å²) in [7, 11) is 4.19. The number of aliphatic imine (C=N–C) groups is 1. The van der Waals surface area contributed by atoms with Gasteiger partial charge in [-0.1, -0.05) is 78.8 Å². The molecule has 0 bridgehead atoms. The van der Waals surface area contributed by atoms with Crippen molar-refractivity contribution in [3.8, 4) is 0 Å². The highest BCUT2D eigenvalue weighted by Crippen LogP contribution is 2.61. The molecule has 3 fully saturated rings. The number of benzene rings is 2. The van der Waals surface area contributed by atoms with Crippen molar-refractivity contribution in [2.75, 3.05) is 33.7 Å². The molecule has 6 unspecified atom stereocenters. The fourth-order valence-electron chi connectivity index (χ4n) is 7.69. The molecule has 6 rings (SSSR count). The van der Waals surface area contributed by atoms with Crippen LogP contribution >= 0.6 is 11.8 Å². The summed E-state index contributed by atoms with van der Waals surface area (Å²) >= 11 is 1.93. The highest BCUT2D eigenvalue weighted by atomic mass is 32.2. The van der Waals surface area contributed by atoms with Crippen LogP contribution in [-0.4, -0.2) is 65.4 Å². The number of nitrogens with one attached hydrogen (secondary N) is 1.